The number of piperazine rings is 1. The van der Waals surface area contributed by atoms with E-state index in [-0.39, 0.29) is 29.8 Å². The fraction of sp³-hybridized carbons (Fsp3) is 0.579. The first-order chi connectivity index (χ1) is 23.2. The van der Waals surface area contributed by atoms with Crippen LogP contribution < -0.4 is 9.46 Å². The minimum absolute atomic E-state index is 0.216. The first-order valence-electron chi connectivity index (χ1n) is 18.2. The van der Waals surface area contributed by atoms with E-state index in [1.807, 2.05) is 0 Å². The predicted octanol–water partition coefficient (Wildman–Crippen LogP) is 5.28. The van der Waals surface area contributed by atoms with Gasteiger partial charge in [-0.3, -0.25) is 9.59 Å². The minimum atomic E-state index is -3.70. The van der Waals surface area contributed by atoms with Gasteiger partial charge in [0.1, 0.15) is 5.75 Å². The van der Waals surface area contributed by atoms with Crippen LogP contribution in [-0.2, 0) is 26.2 Å². The fourth-order valence-corrected chi connectivity index (χ4v) is 11.3. The maximum absolute atomic E-state index is 15.0. The Kier molecular flexibility index (Phi) is 7.24. The Labute approximate surface area is 283 Å². The lowest BCUT2D eigenvalue weighted by Gasteiger charge is -2.51. The molecule has 3 aliphatic heterocycles. The van der Waals surface area contributed by atoms with Crippen molar-refractivity contribution in [2.24, 2.45) is 5.92 Å². The molecule has 4 aliphatic carbocycles. The van der Waals surface area contributed by atoms with Crippen LogP contribution in [0.2, 0.25) is 0 Å². The third-order valence-corrected chi connectivity index (χ3v) is 14.2. The Morgan fingerprint density at radius 2 is 1.71 bits per heavy atom. The molecule has 4 atom stereocenters. The summed E-state index contributed by atoms with van der Waals surface area (Å²) in [5, 5.41) is 0.574. The Hall–Kier alpha value is -3.37. The van der Waals surface area contributed by atoms with Crippen LogP contribution in [0.15, 0.2) is 52.6 Å². The number of hydrogen-bond acceptors (Lipinski definition) is 6. The molecule has 3 unspecified atom stereocenters. The minimum Gasteiger partial charge on any atom is -0.496 e. The van der Waals surface area contributed by atoms with E-state index in [0.29, 0.717) is 37.3 Å². The van der Waals surface area contributed by atoms with Crippen molar-refractivity contribution in [3.05, 3.63) is 63.9 Å². The second-order valence-corrected chi connectivity index (χ2v) is 17.4. The van der Waals surface area contributed by atoms with E-state index < -0.39 is 21.2 Å². The summed E-state index contributed by atoms with van der Waals surface area (Å²) in [6.45, 7) is 2.27. The molecule has 1 N–H and O–H groups in total. The van der Waals surface area contributed by atoms with Gasteiger partial charge in [0.25, 0.3) is 5.91 Å². The number of hydrogen-bond donors (Lipinski definition) is 1. The molecule has 9 rings (SSSR count). The Morgan fingerprint density at radius 3 is 2.42 bits per heavy atom. The molecule has 2 amide bonds. The fourth-order valence-electron chi connectivity index (χ4n) is 10.0. The van der Waals surface area contributed by atoms with E-state index in [1.165, 1.54) is 24.8 Å². The SMILES string of the molecule is COc1ccc(C2CCCCC2)c2c1cc1n2CC2=C(C(=O)NS(=O)(=O)C3CC3)C2=C2C=CC[C@@H](C(=O)N3C4CCCC3CN(C)C4)C21. The zero-order valence-electron chi connectivity index (χ0n) is 28.0. The van der Waals surface area contributed by atoms with Crippen molar-refractivity contribution in [1.82, 2.24) is 19.1 Å². The highest BCUT2D eigenvalue weighted by molar-refractivity contribution is 7.91. The summed E-state index contributed by atoms with van der Waals surface area (Å²) in [5.74, 6) is 0.380. The lowest BCUT2D eigenvalue weighted by atomic mass is 9.75. The molecule has 2 saturated carbocycles. The van der Waals surface area contributed by atoms with Gasteiger partial charge in [-0.15, -0.1) is 0 Å². The van der Waals surface area contributed by atoms with Crippen molar-refractivity contribution in [2.75, 3.05) is 27.2 Å². The molecule has 4 fully saturated rings. The molecule has 2 aromatic rings. The number of likely N-dealkylation sites (tertiary alicyclic amines) is 1. The van der Waals surface area contributed by atoms with Gasteiger partial charge in [0.15, 0.2) is 0 Å². The van der Waals surface area contributed by atoms with Gasteiger partial charge >= 0.3 is 0 Å². The monoisotopic (exact) mass is 670 g/mol. The van der Waals surface area contributed by atoms with Crippen molar-refractivity contribution in [3.63, 3.8) is 0 Å². The van der Waals surface area contributed by atoms with Crippen molar-refractivity contribution in [1.29, 1.82) is 0 Å². The lowest BCUT2D eigenvalue weighted by Crippen LogP contribution is -2.63. The second kappa shape index (κ2) is 11.3. The van der Waals surface area contributed by atoms with Crippen molar-refractivity contribution >= 4 is 32.7 Å². The average Bonchev–Trinajstić information content (AvgIpc) is 4.00. The summed E-state index contributed by atoms with van der Waals surface area (Å²) in [6, 6.07) is 7.03. The van der Waals surface area contributed by atoms with Crippen LogP contribution in [0, 0.1) is 5.92 Å². The summed E-state index contributed by atoms with van der Waals surface area (Å²) >= 11 is 0. The molecule has 1 aromatic carbocycles. The number of amides is 2. The number of benzene rings is 1. The molecule has 254 valence electrons. The highest BCUT2D eigenvalue weighted by Gasteiger charge is 2.50. The molecular weight excluding hydrogens is 625 g/mol. The van der Waals surface area contributed by atoms with Gasteiger partial charge in [-0.05, 0) is 98.7 Å². The molecule has 0 spiro atoms. The first-order valence-corrected chi connectivity index (χ1v) is 19.7. The summed E-state index contributed by atoms with van der Waals surface area (Å²) in [6.07, 6.45) is 15.2. The zero-order chi connectivity index (χ0) is 32.9. The van der Waals surface area contributed by atoms with Crippen LogP contribution >= 0.6 is 0 Å². The van der Waals surface area contributed by atoms with E-state index in [2.05, 4.69) is 56.5 Å². The Balaban J connectivity index is 1.20. The van der Waals surface area contributed by atoms with Crippen LogP contribution in [0.25, 0.3) is 10.9 Å². The van der Waals surface area contributed by atoms with Gasteiger partial charge in [0.2, 0.25) is 15.9 Å². The van der Waals surface area contributed by atoms with E-state index in [0.717, 1.165) is 84.3 Å². The molecule has 10 heteroatoms. The quantitative estimate of drug-likeness (QED) is 0.449. The van der Waals surface area contributed by atoms with E-state index in [4.69, 9.17) is 4.74 Å². The molecule has 2 saturated heterocycles. The molecule has 0 radical (unpaired) electrons. The van der Waals surface area contributed by atoms with Crippen molar-refractivity contribution in [2.45, 2.75) is 106 Å². The molecule has 9 nitrogen and oxygen atoms in total. The largest absolute Gasteiger partial charge is 0.496 e. The number of likely N-dealkylation sites (N-methyl/N-ethyl adjacent to an activating group) is 1. The third kappa shape index (κ3) is 4.83. The highest BCUT2D eigenvalue weighted by Crippen LogP contribution is 2.55. The van der Waals surface area contributed by atoms with Gasteiger partial charge < -0.3 is 19.1 Å². The highest BCUT2D eigenvalue weighted by atomic mass is 32.2. The zero-order valence-corrected chi connectivity index (χ0v) is 28.9. The summed E-state index contributed by atoms with van der Waals surface area (Å²) < 4.78 is 36.5. The number of nitrogens with one attached hydrogen (secondary N) is 1. The van der Waals surface area contributed by atoms with Crippen LogP contribution in [0.1, 0.15) is 93.7 Å². The number of nitrogens with zero attached hydrogens (tertiary/aromatic N) is 3. The van der Waals surface area contributed by atoms with Gasteiger partial charge in [-0.2, -0.15) is 0 Å². The number of ether oxygens (including phenoxy) is 1. The van der Waals surface area contributed by atoms with Gasteiger partial charge in [0, 0.05) is 48.7 Å². The topological polar surface area (TPSA) is 101 Å². The van der Waals surface area contributed by atoms with Gasteiger partial charge in [-0.25, -0.2) is 13.1 Å². The smallest absolute Gasteiger partial charge is 0.265 e. The first kappa shape index (κ1) is 30.7. The van der Waals surface area contributed by atoms with Crippen molar-refractivity contribution < 1.29 is 22.7 Å². The van der Waals surface area contributed by atoms with Gasteiger partial charge in [-0.1, -0.05) is 37.5 Å². The number of piperidine rings is 1. The Bertz CT molecular complexity index is 1910. The number of methoxy groups -OCH3 is 1. The number of rotatable bonds is 6. The standard InChI is InChI=1S/C38H46N4O5S/c1-40-19-23-10-6-11-24(20-40)42(23)38(44)28-13-7-12-27-33(28)31-18-29-32(47-2)17-16-26(22-8-4-3-5-9-22)36(29)41(31)21-30-34(27)35(30)37(43)39-48(45,46)25-14-15-25/h7,12,16-18,22-25,28,33H,3-6,8-11,13-15,19-21H2,1-2H3,(H,39,43)/t23?,24?,28-,33?/m1/s1. The van der Waals surface area contributed by atoms with E-state index in [1.54, 1.807) is 7.11 Å². The number of aromatic nitrogens is 1. The molecule has 2 bridgehead atoms. The number of carbonyl (C=O) groups is 2. The second-order valence-electron chi connectivity index (χ2n) is 15.4. The molecular formula is C38H46N4O5S. The summed E-state index contributed by atoms with van der Waals surface area (Å²) in [4.78, 5) is 33.3. The van der Waals surface area contributed by atoms with Crippen LogP contribution in [0.3, 0.4) is 0 Å². The van der Waals surface area contributed by atoms with Crippen LogP contribution in [-0.4, -0.2) is 79.2 Å². The summed E-state index contributed by atoms with van der Waals surface area (Å²) in [5.41, 5.74) is 6.76. The summed E-state index contributed by atoms with van der Waals surface area (Å²) in [7, 11) is 0.179. The predicted molar refractivity (Wildman–Crippen MR) is 184 cm³/mol. The normalized spacial score (nSPS) is 28.9. The number of allylic oxidation sites excluding steroid dienone is 4. The molecule has 1 aromatic heterocycles. The molecule has 7 aliphatic rings. The van der Waals surface area contributed by atoms with Crippen molar-refractivity contribution in [3.8, 4) is 5.75 Å². The maximum Gasteiger partial charge on any atom is 0.265 e. The lowest BCUT2D eigenvalue weighted by molar-refractivity contribution is -0.147. The Morgan fingerprint density at radius 1 is 0.958 bits per heavy atom. The molecule has 4 heterocycles. The average molecular weight is 671 g/mol. The third-order valence-electron chi connectivity index (χ3n) is 12.4. The molecule has 48 heavy (non-hydrogen) atoms. The number of carbonyl (C=O) groups excluding carboxylic acids is 2. The van der Waals surface area contributed by atoms with Crippen LogP contribution in [0.5, 0.6) is 5.75 Å². The van der Waals surface area contributed by atoms with E-state index in [9.17, 15) is 18.0 Å². The van der Waals surface area contributed by atoms with Crippen LogP contribution in [0.4, 0.5) is 0 Å². The number of fused-ring (bicyclic) bond motifs is 8. The van der Waals surface area contributed by atoms with E-state index >= 15 is 0 Å². The number of sulfonamides is 1. The van der Waals surface area contributed by atoms with Gasteiger partial charge in [0.05, 0.1) is 29.4 Å². The maximum atomic E-state index is 15.0.